The zero-order valence-corrected chi connectivity index (χ0v) is 20.2. The van der Waals surface area contributed by atoms with Gasteiger partial charge in [-0.2, -0.15) is 24.7 Å². The van der Waals surface area contributed by atoms with Crippen molar-refractivity contribution in [3.8, 4) is 17.7 Å². The number of anilines is 1. The quantitative estimate of drug-likeness (QED) is 0.288. The van der Waals surface area contributed by atoms with E-state index in [9.17, 15) is 8.78 Å². The molecule has 1 aliphatic rings. The van der Waals surface area contributed by atoms with Crippen molar-refractivity contribution in [2.45, 2.75) is 32.0 Å². The van der Waals surface area contributed by atoms with Crippen LogP contribution in [0.2, 0.25) is 10.0 Å². The Labute approximate surface area is 214 Å². The number of benzene rings is 1. The van der Waals surface area contributed by atoms with Gasteiger partial charge in [-0.3, -0.25) is 0 Å². The highest BCUT2D eigenvalue weighted by atomic mass is 35.5. The van der Waals surface area contributed by atoms with Gasteiger partial charge < -0.3 is 14.8 Å². The number of nitrogens with zero attached hydrogens (tertiary/aromatic N) is 5. The summed E-state index contributed by atoms with van der Waals surface area (Å²) >= 11 is 12.2. The van der Waals surface area contributed by atoms with Crippen LogP contribution in [0.15, 0.2) is 36.4 Å². The summed E-state index contributed by atoms with van der Waals surface area (Å²) in [6, 6.07) is 10.2. The van der Waals surface area contributed by atoms with E-state index in [4.69, 9.17) is 37.9 Å². The molecule has 0 amide bonds. The highest BCUT2D eigenvalue weighted by molar-refractivity contribution is 6.33. The predicted molar refractivity (Wildman–Crippen MR) is 129 cm³/mol. The Morgan fingerprint density at radius 2 is 2.03 bits per heavy atom. The van der Waals surface area contributed by atoms with Crippen molar-refractivity contribution in [3.05, 3.63) is 69.5 Å². The molecule has 0 bridgehead atoms. The number of ether oxygens (including phenoxy) is 2. The fourth-order valence-electron chi connectivity index (χ4n) is 3.91. The second-order valence-electron chi connectivity index (χ2n) is 8.07. The predicted octanol–water partition coefficient (Wildman–Crippen LogP) is 6.39. The van der Waals surface area contributed by atoms with Crippen LogP contribution >= 0.6 is 23.2 Å². The number of nitrogens with one attached hydrogen (secondary N) is 1. The average Bonchev–Trinajstić information content (AvgIpc) is 3.22. The van der Waals surface area contributed by atoms with Crippen molar-refractivity contribution >= 4 is 40.1 Å². The highest BCUT2D eigenvalue weighted by Gasteiger charge is 2.23. The van der Waals surface area contributed by atoms with E-state index in [2.05, 4.69) is 20.4 Å². The van der Waals surface area contributed by atoms with Gasteiger partial charge in [0, 0.05) is 23.1 Å². The summed E-state index contributed by atoms with van der Waals surface area (Å²) in [5.41, 5.74) is 1.18. The Kier molecular flexibility index (Phi) is 6.87. The van der Waals surface area contributed by atoms with Crippen LogP contribution in [0, 0.1) is 23.1 Å². The summed E-state index contributed by atoms with van der Waals surface area (Å²) in [5.74, 6) is -1.49. The topological polar surface area (TPSA) is 97.9 Å². The molecule has 8 nitrogen and oxygen atoms in total. The molecule has 3 aromatic heterocycles. The molecule has 1 aliphatic heterocycles. The Bertz CT molecular complexity index is 1480. The molecule has 4 heterocycles. The van der Waals surface area contributed by atoms with E-state index in [-0.39, 0.29) is 45.8 Å². The third kappa shape index (κ3) is 5.04. The van der Waals surface area contributed by atoms with Crippen molar-refractivity contribution in [2.75, 3.05) is 11.9 Å². The highest BCUT2D eigenvalue weighted by Crippen LogP contribution is 2.32. The SMILES string of the molecule is N#Cc1cc(Cl)cc(Oc2nc(NCc3nn(C4CCCCO4)c4nc(F)ccc34)c(Cl)cc2F)c1. The maximum atomic E-state index is 14.5. The summed E-state index contributed by atoms with van der Waals surface area (Å²) in [6.07, 6.45) is 2.32. The third-order valence-corrected chi connectivity index (χ3v) is 6.07. The molecule has 1 N–H and O–H groups in total. The van der Waals surface area contributed by atoms with Crippen LogP contribution in [0.3, 0.4) is 0 Å². The van der Waals surface area contributed by atoms with E-state index in [1.807, 2.05) is 6.07 Å². The molecular formula is C24H18Cl2F2N6O2. The summed E-state index contributed by atoms with van der Waals surface area (Å²) in [4.78, 5) is 8.18. The lowest BCUT2D eigenvalue weighted by Gasteiger charge is -2.23. The van der Waals surface area contributed by atoms with Crippen LogP contribution in [0.1, 0.15) is 36.7 Å². The molecule has 4 aromatic rings. The number of rotatable bonds is 6. The second-order valence-corrected chi connectivity index (χ2v) is 8.91. The number of hydrogen-bond acceptors (Lipinski definition) is 7. The van der Waals surface area contributed by atoms with E-state index in [0.29, 0.717) is 23.3 Å². The molecule has 1 fully saturated rings. The van der Waals surface area contributed by atoms with Crippen LogP contribution in [-0.4, -0.2) is 26.4 Å². The largest absolute Gasteiger partial charge is 0.436 e. The number of aromatic nitrogens is 4. The zero-order valence-electron chi connectivity index (χ0n) is 18.6. The van der Waals surface area contributed by atoms with Gasteiger partial charge in [0.15, 0.2) is 17.7 Å². The number of hydrogen-bond donors (Lipinski definition) is 1. The molecule has 184 valence electrons. The van der Waals surface area contributed by atoms with Gasteiger partial charge >= 0.3 is 0 Å². The molecule has 0 aliphatic carbocycles. The van der Waals surface area contributed by atoms with Crippen molar-refractivity contribution in [1.82, 2.24) is 19.7 Å². The molecule has 12 heteroatoms. The Morgan fingerprint density at radius 1 is 1.17 bits per heavy atom. The first-order valence-corrected chi connectivity index (χ1v) is 11.8. The smallest absolute Gasteiger partial charge is 0.257 e. The molecule has 1 aromatic carbocycles. The van der Waals surface area contributed by atoms with E-state index in [1.165, 1.54) is 24.3 Å². The van der Waals surface area contributed by atoms with Crippen LogP contribution in [-0.2, 0) is 11.3 Å². The first-order valence-electron chi connectivity index (χ1n) is 11.0. The Balaban J connectivity index is 1.42. The molecule has 1 unspecified atom stereocenters. The van der Waals surface area contributed by atoms with Crippen LogP contribution in [0.4, 0.5) is 14.6 Å². The molecule has 36 heavy (non-hydrogen) atoms. The van der Waals surface area contributed by atoms with Crippen molar-refractivity contribution < 1.29 is 18.3 Å². The van der Waals surface area contributed by atoms with Crippen molar-refractivity contribution in [2.24, 2.45) is 0 Å². The minimum Gasteiger partial charge on any atom is -0.436 e. The maximum absolute atomic E-state index is 14.5. The number of pyridine rings is 2. The van der Waals surface area contributed by atoms with Gasteiger partial charge in [0.1, 0.15) is 11.6 Å². The number of halogens is 4. The van der Waals surface area contributed by atoms with Crippen LogP contribution < -0.4 is 10.1 Å². The Hall–Kier alpha value is -3.52. The lowest BCUT2D eigenvalue weighted by Crippen LogP contribution is -2.19. The molecule has 0 radical (unpaired) electrons. The standard InChI is InChI=1S/C24H18Cl2F2N6O2/c25-14-7-13(11-29)8-15(9-14)36-24-18(27)10-17(26)22(32-24)30-12-19-16-4-5-20(28)31-23(16)34(33-19)21-3-1-2-6-35-21/h4-5,7-10,21H,1-3,6,12H2,(H,30,32). The van der Waals surface area contributed by atoms with Crippen LogP contribution in [0.25, 0.3) is 11.0 Å². The third-order valence-electron chi connectivity index (χ3n) is 5.56. The normalized spacial score (nSPS) is 15.6. The second kappa shape index (κ2) is 10.2. The molecule has 1 atom stereocenters. The Morgan fingerprint density at radius 3 is 2.81 bits per heavy atom. The fourth-order valence-corrected chi connectivity index (χ4v) is 4.34. The van der Waals surface area contributed by atoms with E-state index in [1.54, 1.807) is 10.7 Å². The lowest BCUT2D eigenvalue weighted by atomic mass is 10.2. The van der Waals surface area contributed by atoms with Gasteiger partial charge in [0.25, 0.3) is 5.88 Å². The molecule has 0 spiro atoms. The van der Waals surface area contributed by atoms with Crippen molar-refractivity contribution in [3.63, 3.8) is 0 Å². The van der Waals surface area contributed by atoms with Gasteiger partial charge in [-0.05, 0) is 49.6 Å². The first kappa shape index (κ1) is 24.2. The van der Waals surface area contributed by atoms with E-state index in [0.717, 1.165) is 25.3 Å². The van der Waals surface area contributed by atoms with Gasteiger partial charge in [0.05, 0.1) is 28.9 Å². The number of nitriles is 1. The fraction of sp³-hybridized carbons (Fsp3) is 0.250. The molecule has 0 saturated carbocycles. The van der Waals surface area contributed by atoms with Gasteiger partial charge in [-0.1, -0.05) is 23.2 Å². The lowest BCUT2D eigenvalue weighted by molar-refractivity contribution is -0.0372. The first-order chi connectivity index (χ1) is 17.4. The average molecular weight is 531 g/mol. The van der Waals surface area contributed by atoms with E-state index >= 15 is 0 Å². The van der Waals surface area contributed by atoms with Gasteiger partial charge in [-0.25, -0.2) is 9.07 Å². The van der Waals surface area contributed by atoms with Gasteiger partial charge in [0.2, 0.25) is 5.95 Å². The van der Waals surface area contributed by atoms with Gasteiger partial charge in [-0.15, -0.1) is 0 Å². The molecular weight excluding hydrogens is 513 g/mol. The zero-order chi connectivity index (χ0) is 25.2. The number of fused-ring (bicyclic) bond motifs is 1. The van der Waals surface area contributed by atoms with E-state index < -0.39 is 11.8 Å². The molecule has 5 rings (SSSR count). The maximum Gasteiger partial charge on any atom is 0.257 e. The summed E-state index contributed by atoms with van der Waals surface area (Å²) < 4.78 is 41.4. The van der Waals surface area contributed by atoms with Crippen molar-refractivity contribution in [1.29, 1.82) is 5.26 Å². The minimum absolute atomic E-state index is 0.0205. The summed E-state index contributed by atoms with van der Waals surface area (Å²) in [5, 5.41) is 17.7. The summed E-state index contributed by atoms with van der Waals surface area (Å²) in [7, 11) is 0. The summed E-state index contributed by atoms with van der Waals surface area (Å²) in [6.45, 7) is 0.729. The molecule has 1 saturated heterocycles. The minimum atomic E-state index is -0.798. The van der Waals surface area contributed by atoms with Crippen LogP contribution in [0.5, 0.6) is 11.6 Å². The monoisotopic (exact) mass is 530 g/mol.